The number of anilines is 1. The van der Waals surface area contributed by atoms with Gasteiger partial charge in [-0.05, 0) is 45.0 Å². The Labute approximate surface area is 107 Å². The minimum atomic E-state index is 0. The lowest BCUT2D eigenvalue weighted by atomic mass is 9.91. The van der Waals surface area contributed by atoms with E-state index in [2.05, 4.69) is 22.5 Å². The van der Waals surface area contributed by atoms with Crippen LogP contribution in [-0.2, 0) is 0 Å². The van der Waals surface area contributed by atoms with E-state index in [4.69, 9.17) is 11.6 Å². The van der Waals surface area contributed by atoms with Crippen LogP contribution in [0, 0.1) is 0 Å². The highest BCUT2D eigenvalue weighted by Gasteiger charge is 2.26. The van der Waals surface area contributed by atoms with Crippen molar-refractivity contribution >= 4 is 29.8 Å². The third-order valence-corrected chi connectivity index (χ3v) is 3.06. The standard InChI is InChI=1S/C11H16ClN3.ClH/c1-11(5-7-13-8-6-11)15-10-4-2-3-9(12)14-10;/h2-4,13H,5-8H2,1H3,(H,14,15);1H. The molecule has 0 unspecified atom stereocenters. The molecule has 0 aliphatic carbocycles. The predicted octanol–water partition coefficient (Wildman–Crippen LogP) is 2.71. The maximum Gasteiger partial charge on any atom is 0.131 e. The van der Waals surface area contributed by atoms with E-state index < -0.39 is 0 Å². The highest BCUT2D eigenvalue weighted by Crippen LogP contribution is 2.23. The minimum absolute atomic E-state index is 0. The Kier molecular flexibility index (Phi) is 4.84. The summed E-state index contributed by atoms with van der Waals surface area (Å²) in [6.45, 7) is 4.35. The first-order chi connectivity index (χ1) is 7.18. The molecule has 2 heterocycles. The van der Waals surface area contributed by atoms with Gasteiger partial charge in [-0.2, -0.15) is 0 Å². The molecule has 2 N–H and O–H groups in total. The second-order valence-corrected chi connectivity index (χ2v) is 4.67. The van der Waals surface area contributed by atoms with E-state index in [0.29, 0.717) is 5.15 Å². The van der Waals surface area contributed by atoms with Crippen LogP contribution in [0.2, 0.25) is 5.15 Å². The van der Waals surface area contributed by atoms with Crippen molar-refractivity contribution in [2.45, 2.75) is 25.3 Å². The van der Waals surface area contributed by atoms with E-state index in [1.807, 2.05) is 12.1 Å². The van der Waals surface area contributed by atoms with Crippen molar-refractivity contribution in [3.05, 3.63) is 23.4 Å². The van der Waals surface area contributed by atoms with E-state index in [1.165, 1.54) is 0 Å². The first-order valence-corrected chi connectivity index (χ1v) is 5.67. The number of nitrogens with zero attached hydrogens (tertiary/aromatic N) is 1. The van der Waals surface area contributed by atoms with E-state index in [1.54, 1.807) is 6.07 Å². The predicted molar refractivity (Wildman–Crippen MR) is 70.6 cm³/mol. The summed E-state index contributed by atoms with van der Waals surface area (Å²) in [5, 5.41) is 7.35. The average Bonchev–Trinajstić information content (AvgIpc) is 2.18. The summed E-state index contributed by atoms with van der Waals surface area (Å²) in [7, 11) is 0. The molecule has 90 valence electrons. The van der Waals surface area contributed by atoms with Crippen LogP contribution < -0.4 is 10.6 Å². The van der Waals surface area contributed by atoms with Crippen molar-refractivity contribution < 1.29 is 0 Å². The van der Waals surface area contributed by atoms with Crippen LogP contribution in [0.25, 0.3) is 0 Å². The smallest absolute Gasteiger partial charge is 0.131 e. The molecule has 16 heavy (non-hydrogen) atoms. The number of nitrogens with one attached hydrogen (secondary N) is 2. The fourth-order valence-corrected chi connectivity index (χ4v) is 2.05. The van der Waals surface area contributed by atoms with E-state index in [-0.39, 0.29) is 17.9 Å². The van der Waals surface area contributed by atoms with Gasteiger partial charge in [-0.15, -0.1) is 12.4 Å². The monoisotopic (exact) mass is 261 g/mol. The lowest BCUT2D eigenvalue weighted by Gasteiger charge is -2.35. The van der Waals surface area contributed by atoms with Crippen molar-refractivity contribution in [2.24, 2.45) is 0 Å². The van der Waals surface area contributed by atoms with Gasteiger partial charge in [-0.1, -0.05) is 17.7 Å². The Hall–Kier alpha value is -0.510. The Morgan fingerprint density at radius 3 is 2.69 bits per heavy atom. The second kappa shape index (κ2) is 5.71. The number of hydrogen-bond acceptors (Lipinski definition) is 3. The first kappa shape index (κ1) is 13.6. The summed E-state index contributed by atoms with van der Waals surface area (Å²) in [6, 6.07) is 5.67. The van der Waals surface area contributed by atoms with Crippen LogP contribution in [0.1, 0.15) is 19.8 Å². The van der Waals surface area contributed by atoms with Gasteiger partial charge in [0, 0.05) is 5.54 Å². The molecule has 0 aromatic carbocycles. The van der Waals surface area contributed by atoms with Crippen LogP contribution in [0.3, 0.4) is 0 Å². The number of halogens is 2. The third-order valence-electron chi connectivity index (χ3n) is 2.85. The highest BCUT2D eigenvalue weighted by molar-refractivity contribution is 6.29. The fraction of sp³-hybridized carbons (Fsp3) is 0.545. The van der Waals surface area contributed by atoms with Crippen LogP contribution in [0.15, 0.2) is 18.2 Å². The molecule has 0 saturated carbocycles. The molecule has 0 bridgehead atoms. The fourth-order valence-electron chi connectivity index (χ4n) is 1.89. The molecule has 0 radical (unpaired) electrons. The molecule has 2 rings (SSSR count). The summed E-state index contributed by atoms with van der Waals surface area (Å²) in [5.41, 5.74) is 0.142. The Morgan fingerprint density at radius 1 is 1.38 bits per heavy atom. The van der Waals surface area contributed by atoms with E-state index in [9.17, 15) is 0 Å². The minimum Gasteiger partial charge on any atom is -0.365 e. The SMILES string of the molecule is CC1(Nc2cccc(Cl)n2)CCNCC1.Cl. The lowest BCUT2D eigenvalue weighted by molar-refractivity contribution is 0.364. The number of pyridine rings is 1. The maximum absolute atomic E-state index is 5.84. The van der Waals surface area contributed by atoms with Crippen molar-refractivity contribution in [2.75, 3.05) is 18.4 Å². The van der Waals surface area contributed by atoms with E-state index >= 15 is 0 Å². The summed E-state index contributed by atoms with van der Waals surface area (Å²) < 4.78 is 0. The Morgan fingerprint density at radius 2 is 2.06 bits per heavy atom. The van der Waals surface area contributed by atoms with Crippen molar-refractivity contribution in [1.29, 1.82) is 0 Å². The first-order valence-electron chi connectivity index (χ1n) is 5.29. The van der Waals surface area contributed by atoms with Crippen LogP contribution in [-0.4, -0.2) is 23.6 Å². The normalized spacial score (nSPS) is 18.6. The van der Waals surface area contributed by atoms with Crippen molar-refractivity contribution in [3.63, 3.8) is 0 Å². The molecule has 0 spiro atoms. The molecule has 1 aliphatic rings. The quantitative estimate of drug-likeness (QED) is 0.805. The number of aromatic nitrogens is 1. The van der Waals surface area contributed by atoms with Crippen LogP contribution >= 0.6 is 24.0 Å². The van der Waals surface area contributed by atoms with Crippen molar-refractivity contribution in [1.82, 2.24) is 10.3 Å². The summed E-state index contributed by atoms with van der Waals surface area (Å²) >= 11 is 5.84. The van der Waals surface area contributed by atoms with Gasteiger partial charge in [-0.3, -0.25) is 0 Å². The van der Waals surface area contributed by atoms with Gasteiger partial charge in [0.05, 0.1) is 0 Å². The average molecular weight is 262 g/mol. The molecule has 1 saturated heterocycles. The van der Waals surface area contributed by atoms with E-state index in [0.717, 1.165) is 31.7 Å². The molecule has 0 atom stereocenters. The molecular weight excluding hydrogens is 245 g/mol. The highest BCUT2D eigenvalue weighted by atomic mass is 35.5. The van der Waals surface area contributed by atoms with Crippen LogP contribution in [0.4, 0.5) is 5.82 Å². The zero-order valence-corrected chi connectivity index (χ0v) is 10.9. The number of rotatable bonds is 2. The molecule has 5 heteroatoms. The van der Waals surface area contributed by atoms with Gasteiger partial charge in [0.25, 0.3) is 0 Å². The van der Waals surface area contributed by atoms with Gasteiger partial charge in [-0.25, -0.2) is 4.98 Å². The zero-order chi connectivity index (χ0) is 10.7. The zero-order valence-electron chi connectivity index (χ0n) is 9.29. The van der Waals surface area contributed by atoms with Gasteiger partial charge >= 0.3 is 0 Å². The largest absolute Gasteiger partial charge is 0.365 e. The van der Waals surface area contributed by atoms with Crippen LogP contribution in [0.5, 0.6) is 0 Å². The number of hydrogen-bond donors (Lipinski definition) is 2. The molecule has 1 fully saturated rings. The third kappa shape index (κ3) is 3.51. The molecule has 1 aliphatic heterocycles. The summed E-state index contributed by atoms with van der Waals surface area (Å²) in [4.78, 5) is 4.25. The number of piperidine rings is 1. The topological polar surface area (TPSA) is 37.0 Å². The Balaban J connectivity index is 0.00000128. The van der Waals surface area contributed by atoms with Crippen molar-refractivity contribution in [3.8, 4) is 0 Å². The molecular formula is C11H17Cl2N3. The van der Waals surface area contributed by atoms with Gasteiger partial charge < -0.3 is 10.6 Å². The lowest BCUT2D eigenvalue weighted by Crippen LogP contribution is -2.45. The summed E-state index contributed by atoms with van der Waals surface area (Å²) in [6.07, 6.45) is 2.22. The molecule has 3 nitrogen and oxygen atoms in total. The van der Waals surface area contributed by atoms with Gasteiger partial charge in [0.2, 0.25) is 0 Å². The van der Waals surface area contributed by atoms with Gasteiger partial charge in [0.1, 0.15) is 11.0 Å². The molecule has 1 aromatic heterocycles. The summed E-state index contributed by atoms with van der Waals surface area (Å²) in [5.74, 6) is 0.868. The van der Waals surface area contributed by atoms with Gasteiger partial charge in [0.15, 0.2) is 0 Å². The second-order valence-electron chi connectivity index (χ2n) is 4.28. The molecule has 1 aromatic rings. The Bertz CT molecular complexity index is 338. The molecule has 0 amide bonds. The maximum atomic E-state index is 5.84.